The second-order valence-electron chi connectivity index (χ2n) is 4.12. The van der Waals surface area contributed by atoms with Crippen LogP contribution >= 0.6 is 44.1 Å². The molecule has 0 saturated heterocycles. The lowest BCUT2D eigenvalue weighted by Gasteiger charge is -2.13. The first-order valence-electron chi connectivity index (χ1n) is 5.60. The highest BCUT2D eigenvalue weighted by Gasteiger charge is 2.09. The summed E-state index contributed by atoms with van der Waals surface area (Å²) in [4.78, 5) is 0.362. The minimum absolute atomic E-state index is 0.362. The van der Waals surface area contributed by atoms with Gasteiger partial charge in [0.25, 0.3) is 0 Å². The molecule has 0 aliphatic carbocycles. The Morgan fingerprint density at radius 3 is 2.53 bits per heavy atom. The molecule has 0 fully saturated rings. The predicted molar refractivity (Wildman–Crippen MR) is 92.2 cm³/mol. The van der Waals surface area contributed by atoms with Crippen molar-refractivity contribution in [1.82, 2.24) is 0 Å². The van der Waals surface area contributed by atoms with Gasteiger partial charge in [0, 0.05) is 25.9 Å². The van der Waals surface area contributed by atoms with Crippen LogP contribution in [-0.2, 0) is 0 Å². The molecule has 0 atom stereocenters. The van der Waals surface area contributed by atoms with Crippen LogP contribution in [0.25, 0.3) is 0 Å². The van der Waals surface area contributed by atoms with Crippen LogP contribution in [0.1, 0.15) is 11.1 Å². The summed E-state index contributed by atoms with van der Waals surface area (Å²) in [5.41, 5.74) is 9.64. The fourth-order valence-corrected chi connectivity index (χ4v) is 3.01. The number of nitrogens with one attached hydrogen (secondary N) is 1. The maximum Gasteiger partial charge on any atom is 0.107 e. The molecule has 0 bridgehead atoms. The zero-order valence-corrected chi connectivity index (χ0v) is 14.2. The maximum atomic E-state index is 5.78. The van der Waals surface area contributed by atoms with Gasteiger partial charge in [-0.3, -0.25) is 0 Å². The first kappa shape index (κ1) is 14.5. The Bertz CT molecular complexity index is 641. The van der Waals surface area contributed by atoms with Gasteiger partial charge in [-0.05, 0) is 52.7 Å². The minimum atomic E-state index is 0.362. The minimum Gasteiger partial charge on any atom is -0.389 e. The van der Waals surface area contributed by atoms with Crippen LogP contribution in [0, 0.1) is 6.92 Å². The van der Waals surface area contributed by atoms with Gasteiger partial charge >= 0.3 is 0 Å². The van der Waals surface area contributed by atoms with E-state index in [1.807, 2.05) is 43.3 Å². The number of thiocarbonyl (C=S) groups is 1. The summed E-state index contributed by atoms with van der Waals surface area (Å²) >= 11 is 12.1. The van der Waals surface area contributed by atoms with Gasteiger partial charge in [-0.1, -0.05) is 40.3 Å². The van der Waals surface area contributed by atoms with E-state index in [-0.39, 0.29) is 0 Å². The summed E-state index contributed by atoms with van der Waals surface area (Å²) in [5, 5.41) is 3.34. The molecule has 19 heavy (non-hydrogen) atoms. The quantitative estimate of drug-likeness (QED) is 0.721. The first-order chi connectivity index (χ1) is 8.99. The highest BCUT2D eigenvalue weighted by molar-refractivity contribution is 9.10. The number of aryl methyl sites for hydroxylation is 1. The summed E-state index contributed by atoms with van der Waals surface area (Å²) in [6, 6.07) is 11.9. The third kappa shape index (κ3) is 3.35. The summed E-state index contributed by atoms with van der Waals surface area (Å²) in [7, 11) is 0. The van der Waals surface area contributed by atoms with Crippen LogP contribution in [0.2, 0.25) is 0 Å². The molecule has 0 amide bonds. The van der Waals surface area contributed by atoms with Crippen molar-refractivity contribution in [3.63, 3.8) is 0 Å². The number of hydrogen-bond acceptors (Lipinski definition) is 2. The monoisotopic (exact) mass is 398 g/mol. The lowest BCUT2D eigenvalue weighted by molar-refractivity contribution is 1.41. The molecule has 2 aromatic rings. The summed E-state index contributed by atoms with van der Waals surface area (Å²) in [6.45, 7) is 2.05. The van der Waals surface area contributed by atoms with Crippen LogP contribution in [0.5, 0.6) is 0 Å². The van der Waals surface area contributed by atoms with E-state index >= 15 is 0 Å². The average Bonchev–Trinajstić information content (AvgIpc) is 2.33. The molecule has 0 unspecified atom stereocenters. The molecule has 0 spiro atoms. The molecule has 2 nitrogen and oxygen atoms in total. The van der Waals surface area contributed by atoms with Gasteiger partial charge in [0.15, 0.2) is 0 Å². The molecule has 0 aromatic heterocycles. The van der Waals surface area contributed by atoms with Crippen LogP contribution in [-0.4, -0.2) is 4.99 Å². The van der Waals surface area contributed by atoms with E-state index in [2.05, 4.69) is 37.2 Å². The van der Waals surface area contributed by atoms with Crippen molar-refractivity contribution in [2.75, 3.05) is 5.32 Å². The van der Waals surface area contributed by atoms with Crippen LogP contribution in [0.15, 0.2) is 45.3 Å². The number of benzene rings is 2. The molecular formula is C14H12Br2N2S. The lowest BCUT2D eigenvalue weighted by atomic mass is 10.1. The van der Waals surface area contributed by atoms with Crippen LogP contribution < -0.4 is 11.1 Å². The van der Waals surface area contributed by atoms with Crippen molar-refractivity contribution in [2.45, 2.75) is 6.92 Å². The Balaban J connectivity index is 2.40. The SMILES string of the molecule is Cc1ccc(Nc2cccc(Br)c2C(N)=S)cc1Br. The normalized spacial score (nSPS) is 10.3. The molecule has 0 aliphatic rings. The number of rotatable bonds is 3. The van der Waals surface area contributed by atoms with E-state index in [9.17, 15) is 0 Å². The lowest BCUT2D eigenvalue weighted by Crippen LogP contribution is -2.12. The van der Waals surface area contributed by atoms with Crippen molar-refractivity contribution in [3.8, 4) is 0 Å². The topological polar surface area (TPSA) is 38.0 Å². The largest absolute Gasteiger partial charge is 0.389 e. The molecule has 3 N–H and O–H groups in total. The van der Waals surface area contributed by atoms with Gasteiger partial charge in [0.05, 0.1) is 0 Å². The van der Waals surface area contributed by atoms with Crippen LogP contribution in [0.3, 0.4) is 0 Å². The van der Waals surface area contributed by atoms with E-state index in [0.717, 1.165) is 25.9 Å². The van der Waals surface area contributed by atoms with Gasteiger partial charge in [0.2, 0.25) is 0 Å². The maximum absolute atomic E-state index is 5.78. The fourth-order valence-electron chi connectivity index (χ4n) is 1.70. The standard InChI is InChI=1S/C14H12Br2N2S/c1-8-5-6-9(7-11(8)16)18-12-4-2-3-10(15)13(12)14(17)19/h2-7,18H,1H3,(H2,17,19). The zero-order chi connectivity index (χ0) is 14.0. The zero-order valence-electron chi connectivity index (χ0n) is 10.2. The van der Waals surface area contributed by atoms with E-state index < -0.39 is 0 Å². The van der Waals surface area contributed by atoms with Crippen molar-refractivity contribution in [3.05, 3.63) is 56.5 Å². The Kier molecular flexibility index (Phi) is 4.60. The summed E-state index contributed by atoms with van der Waals surface area (Å²) in [5.74, 6) is 0. The molecular weight excluding hydrogens is 388 g/mol. The number of anilines is 2. The van der Waals surface area contributed by atoms with E-state index in [1.165, 1.54) is 5.56 Å². The van der Waals surface area contributed by atoms with Gasteiger partial charge in [0.1, 0.15) is 4.99 Å². The molecule has 98 valence electrons. The number of hydrogen-bond donors (Lipinski definition) is 2. The fraction of sp³-hybridized carbons (Fsp3) is 0.0714. The molecule has 0 heterocycles. The van der Waals surface area contributed by atoms with Crippen LogP contribution in [0.4, 0.5) is 11.4 Å². The number of nitrogens with two attached hydrogens (primary N) is 1. The Labute approximate surface area is 134 Å². The summed E-state index contributed by atoms with van der Waals surface area (Å²) in [6.07, 6.45) is 0. The Morgan fingerprint density at radius 2 is 1.89 bits per heavy atom. The second-order valence-corrected chi connectivity index (χ2v) is 6.26. The highest BCUT2D eigenvalue weighted by Crippen LogP contribution is 2.29. The van der Waals surface area contributed by atoms with E-state index in [1.54, 1.807) is 0 Å². The number of halogens is 2. The molecule has 0 aliphatic heterocycles. The summed E-state index contributed by atoms with van der Waals surface area (Å²) < 4.78 is 1.94. The van der Waals surface area contributed by atoms with E-state index in [4.69, 9.17) is 18.0 Å². The van der Waals surface area contributed by atoms with E-state index in [0.29, 0.717) is 4.99 Å². The molecule has 5 heteroatoms. The smallest absolute Gasteiger partial charge is 0.107 e. The average molecular weight is 400 g/mol. The third-order valence-corrected chi connectivity index (χ3v) is 4.43. The van der Waals surface area contributed by atoms with Gasteiger partial charge < -0.3 is 11.1 Å². The van der Waals surface area contributed by atoms with Crippen molar-refractivity contribution in [2.24, 2.45) is 5.73 Å². The molecule has 2 rings (SSSR count). The third-order valence-electron chi connectivity index (χ3n) is 2.71. The Morgan fingerprint density at radius 1 is 1.16 bits per heavy atom. The van der Waals surface area contributed by atoms with Gasteiger partial charge in [-0.2, -0.15) is 0 Å². The van der Waals surface area contributed by atoms with Gasteiger partial charge in [-0.25, -0.2) is 0 Å². The first-order valence-corrected chi connectivity index (χ1v) is 7.60. The van der Waals surface area contributed by atoms with Gasteiger partial charge in [-0.15, -0.1) is 0 Å². The van der Waals surface area contributed by atoms with Crippen molar-refractivity contribution < 1.29 is 0 Å². The molecule has 0 radical (unpaired) electrons. The highest BCUT2D eigenvalue weighted by atomic mass is 79.9. The molecule has 2 aromatic carbocycles. The molecule has 0 saturated carbocycles. The predicted octanol–water partition coefficient (Wildman–Crippen LogP) is 4.90. The Hall–Kier alpha value is -0.910. The van der Waals surface area contributed by atoms with Crippen molar-refractivity contribution >= 4 is 60.4 Å². The second kappa shape index (κ2) is 6.03. The van der Waals surface area contributed by atoms with Crippen molar-refractivity contribution in [1.29, 1.82) is 0 Å².